The van der Waals surface area contributed by atoms with Crippen molar-refractivity contribution in [2.45, 2.75) is 13.3 Å². The van der Waals surface area contributed by atoms with Crippen molar-refractivity contribution in [3.8, 4) is 5.75 Å². The lowest BCUT2D eigenvalue weighted by Crippen LogP contribution is -2.13. The average molecular weight is 381 g/mol. The number of ether oxygens (including phenoxy) is 1. The summed E-state index contributed by atoms with van der Waals surface area (Å²) in [5, 5.41) is 12.0. The van der Waals surface area contributed by atoms with E-state index in [4.69, 9.17) is 4.74 Å². The molecule has 0 atom stereocenters. The number of amides is 1. The van der Waals surface area contributed by atoms with Crippen molar-refractivity contribution in [2.75, 3.05) is 18.2 Å². The van der Waals surface area contributed by atoms with Crippen molar-refractivity contribution < 1.29 is 14.3 Å². The zero-order chi connectivity index (χ0) is 19.2. The van der Waals surface area contributed by atoms with Crippen LogP contribution in [0.25, 0.3) is 0 Å². The molecule has 0 aromatic heterocycles. The highest BCUT2D eigenvalue weighted by Crippen LogP contribution is 2.21. The Morgan fingerprint density at radius 3 is 2.74 bits per heavy atom. The molecule has 1 heterocycles. The molecular formula is C20H19N3O3S. The molecule has 0 aliphatic carbocycles. The maximum atomic E-state index is 12.6. The van der Waals surface area contributed by atoms with Gasteiger partial charge >= 0.3 is 0 Å². The van der Waals surface area contributed by atoms with Gasteiger partial charge < -0.3 is 10.1 Å². The van der Waals surface area contributed by atoms with Crippen LogP contribution in [0, 0.1) is 0 Å². The molecule has 3 rings (SSSR count). The van der Waals surface area contributed by atoms with Gasteiger partial charge in [-0.3, -0.25) is 9.59 Å². The fourth-order valence-electron chi connectivity index (χ4n) is 2.50. The van der Waals surface area contributed by atoms with E-state index < -0.39 is 0 Å². The average Bonchev–Trinajstić information content (AvgIpc) is 3.16. The van der Waals surface area contributed by atoms with Gasteiger partial charge in [-0.15, -0.1) is 16.9 Å². The number of rotatable bonds is 6. The minimum Gasteiger partial charge on any atom is -0.497 e. The van der Waals surface area contributed by atoms with Crippen molar-refractivity contribution in [1.29, 1.82) is 0 Å². The summed E-state index contributed by atoms with van der Waals surface area (Å²) in [5.74, 6) is 0.961. The van der Waals surface area contributed by atoms with Gasteiger partial charge in [-0.25, -0.2) is 0 Å². The molecule has 2 aromatic rings. The van der Waals surface area contributed by atoms with Gasteiger partial charge in [0.1, 0.15) is 16.6 Å². The molecule has 6 nitrogen and oxygen atoms in total. The minimum absolute atomic E-state index is 0.104. The molecule has 0 bridgehead atoms. The second-order valence-corrected chi connectivity index (χ2v) is 7.02. The molecule has 0 saturated heterocycles. The molecule has 27 heavy (non-hydrogen) atoms. The van der Waals surface area contributed by atoms with Crippen LogP contribution in [0.5, 0.6) is 5.75 Å². The fourth-order valence-corrected chi connectivity index (χ4v) is 3.21. The maximum absolute atomic E-state index is 12.6. The Bertz CT molecular complexity index is 938. The predicted molar refractivity (Wildman–Crippen MR) is 109 cm³/mol. The van der Waals surface area contributed by atoms with E-state index in [1.165, 1.54) is 11.8 Å². The Hall–Kier alpha value is -2.93. The Labute approximate surface area is 161 Å². The topological polar surface area (TPSA) is 80.1 Å². The monoisotopic (exact) mass is 381 g/mol. The summed E-state index contributed by atoms with van der Waals surface area (Å²) in [6, 6.07) is 14.5. The number of hydrogen-bond acceptors (Lipinski definition) is 6. The highest BCUT2D eigenvalue weighted by atomic mass is 32.2. The van der Waals surface area contributed by atoms with Crippen molar-refractivity contribution in [3.63, 3.8) is 0 Å². The van der Waals surface area contributed by atoms with E-state index in [0.717, 1.165) is 16.3 Å². The van der Waals surface area contributed by atoms with Gasteiger partial charge in [0.2, 0.25) is 0 Å². The first-order valence-electron chi connectivity index (χ1n) is 8.36. The molecule has 1 N–H and O–H groups in total. The SMILES string of the molecule is COc1cccc(NC(=O)c2cccc(C3=NN=C(SCC(C)=O)C3)c2)c1. The third kappa shape index (κ3) is 5.04. The van der Waals surface area contributed by atoms with Crippen LogP contribution < -0.4 is 10.1 Å². The molecule has 0 unspecified atom stereocenters. The number of benzene rings is 2. The zero-order valence-electron chi connectivity index (χ0n) is 15.1. The quantitative estimate of drug-likeness (QED) is 0.826. The van der Waals surface area contributed by atoms with Gasteiger partial charge in [0.15, 0.2) is 0 Å². The van der Waals surface area contributed by atoms with Gasteiger partial charge in [0, 0.05) is 23.7 Å². The van der Waals surface area contributed by atoms with E-state index in [1.54, 1.807) is 38.3 Å². The van der Waals surface area contributed by atoms with Gasteiger partial charge in [0.05, 0.1) is 18.6 Å². The van der Waals surface area contributed by atoms with Crippen molar-refractivity contribution >= 4 is 39.9 Å². The fraction of sp³-hybridized carbons (Fsp3) is 0.200. The van der Waals surface area contributed by atoms with E-state index >= 15 is 0 Å². The van der Waals surface area contributed by atoms with Gasteiger partial charge in [-0.05, 0) is 36.8 Å². The zero-order valence-corrected chi connectivity index (χ0v) is 15.9. The number of hydrogen-bond donors (Lipinski definition) is 1. The summed E-state index contributed by atoms with van der Waals surface area (Å²) in [7, 11) is 1.58. The van der Waals surface area contributed by atoms with Gasteiger partial charge in [0.25, 0.3) is 5.91 Å². The van der Waals surface area contributed by atoms with Crippen LogP contribution in [-0.2, 0) is 4.79 Å². The Morgan fingerprint density at radius 2 is 1.96 bits per heavy atom. The summed E-state index contributed by atoms with van der Waals surface area (Å²) >= 11 is 1.40. The van der Waals surface area contributed by atoms with E-state index in [9.17, 15) is 9.59 Å². The van der Waals surface area contributed by atoms with Crippen molar-refractivity contribution in [1.82, 2.24) is 0 Å². The molecule has 1 aliphatic heterocycles. The molecule has 0 radical (unpaired) electrons. The van der Waals surface area contributed by atoms with Crippen LogP contribution in [0.1, 0.15) is 29.3 Å². The number of anilines is 1. The number of carbonyl (C=O) groups is 2. The number of nitrogens with zero attached hydrogens (tertiary/aromatic N) is 2. The van der Waals surface area contributed by atoms with E-state index in [0.29, 0.717) is 29.2 Å². The number of thioether (sulfide) groups is 1. The third-order valence-electron chi connectivity index (χ3n) is 3.83. The molecule has 0 saturated carbocycles. The summed E-state index contributed by atoms with van der Waals surface area (Å²) in [6.07, 6.45) is 0.568. The predicted octanol–water partition coefficient (Wildman–Crippen LogP) is 3.78. The van der Waals surface area contributed by atoms with E-state index in [-0.39, 0.29) is 11.7 Å². The summed E-state index contributed by atoms with van der Waals surface area (Å²) in [6.45, 7) is 1.55. The van der Waals surface area contributed by atoms with Crippen LogP contribution >= 0.6 is 11.8 Å². The normalized spacial score (nSPS) is 13.0. The lowest BCUT2D eigenvalue weighted by atomic mass is 10.0. The summed E-state index contributed by atoms with van der Waals surface area (Å²) in [5.41, 5.74) is 2.82. The molecule has 2 aromatic carbocycles. The number of Topliss-reactive ketones (excluding diaryl/α,β-unsaturated/α-hetero) is 1. The number of nitrogens with one attached hydrogen (secondary N) is 1. The molecule has 138 valence electrons. The maximum Gasteiger partial charge on any atom is 0.255 e. The summed E-state index contributed by atoms with van der Waals surface area (Å²) in [4.78, 5) is 23.7. The van der Waals surface area contributed by atoms with E-state index in [1.807, 2.05) is 24.3 Å². The van der Waals surface area contributed by atoms with E-state index in [2.05, 4.69) is 15.5 Å². The van der Waals surface area contributed by atoms with Crippen LogP contribution in [-0.4, -0.2) is 35.3 Å². The van der Waals surface area contributed by atoms with Crippen molar-refractivity contribution in [2.24, 2.45) is 10.2 Å². The highest BCUT2D eigenvalue weighted by molar-refractivity contribution is 8.14. The second-order valence-electron chi connectivity index (χ2n) is 5.97. The molecule has 0 spiro atoms. The van der Waals surface area contributed by atoms with Crippen LogP contribution in [0.2, 0.25) is 0 Å². The molecule has 1 amide bonds. The first-order chi connectivity index (χ1) is 13.0. The standard InChI is InChI=1S/C20H19N3O3S/c1-13(24)12-27-19-11-18(22-23-19)14-5-3-6-15(9-14)20(25)21-16-7-4-8-17(10-16)26-2/h3-10H,11-12H2,1-2H3,(H,21,25). The van der Waals surface area contributed by atoms with Crippen LogP contribution in [0.15, 0.2) is 58.7 Å². The van der Waals surface area contributed by atoms with Crippen LogP contribution in [0.3, 0.4) is 0 Å². The van der Waals surface area contributed by atoms with Gasteiger partial charge in [-0.2, -0.15) is 5.10 Å². The molecule has 0 fully saturated rings. The minimum atomic E-state index is -0.212. The number of carbonyl (C=O) groups excluding carboxylic acids is 2. The lowest BCUT2D eigenvalue weighted by molar-refractivity contribution is -0.114. The van der Waals surface area contributed by atoms with Crippen molar-refractivity contribution in [3.05, 3.63) is 59.7 Å². The third-order valence-corrected chi connectivity index (χ3v) is 4.94. The smallest absolute Gasteiger partial charge is 0.255 e. The molecule has 7 heteroatoms. The Balaban J connectivity index is 1.67. The molecule has 1 aliphatic rings. The number of ketones is 1. The first-order valence-corrected chi connectivity index (χ1v) is 9.35. The second kappa shape index (κ2) is 8.64. The Morgan fingerprint density at radius 1 is 1.15 bits per heavy atom. The van der Waals surface area contributed by atoms with Crippen LogP contribution in [0.4, 0.5) is 5.69 Å². The largest absolute Gasteiger partial charge is 0.497 e. The Kier molecular flexibility index (Phi) is 6.03. The highest BCUT2D eigenvalue weighted by Gasteiger charge is 2.17. The van der Waals surface area contributed by atoms with Gasteiger partial charge in [-0.1, -0.05) is 18.2 Å². The summed E-state index contributed by atoms with van der Waals surface area (Å²) < 4.78 is 5.17. The lowest BCUT2D eigenvalue weighted by Gasteiger charge is -2.08. The molecular weight excluding hydrogens is 362 g/mol. The first kappa shape index (κ1) is 18.8. The number of methoxy groups -OCH3 is 1.